The Bertz CT molecular complexity index is 1480. The third-order valence-corrected chi connectivity index (χ3v) is 8.16. The summed E-state index contributed by atoms with van der Waals surface area (Å²) in [5.41, 5.74) is 2.55. The zero-order valence-corrected chi connectivity index (χ0v) is 23.6. The number of anilines is 2. The maximum Gasteiger partial charge on any atom is 0.267 e. The number of carbonyl (C=O) groups is 1. The number of halogens is 1. The summed E-state index contributed by atoms with van der Waals surface area (Å²) in [4.78, 5) is 38.2. The highest BCUT2D eigenvalue weighted by molar-refractivity contribution is 8.26. The Labute approximate surface area is 236 Å². The van der Waals surface area contributed by atoms with Gasteiger partial charge in [0.25, 0.3) is 11.5 Å². The molecule has 2 fully saturated rings. The number of fused-ring (bicyclic) bond motifs is 1. The van der Waals surface area contributed by atoms with E-state index in [-0.39, 0.29) is 17.3 Å². The maximum absolute atomic E-state index is 13.8. The van der Waals surface area contributed by atoms with E-state index in [0.29, 0.717) is 78.6 Å². The molecule has 0 spiro atoms. The number of aromatic nitrogens is 2. The first-order valence-electron chi connectivity index (χ1n) is 13.0. The van der Waals surface area contributed by atoms with Crippen molar-refractivity contribution in [2.24, 2.45) is 0 Å². The van der Waals surface area contributed by atoms with E-state index in [1.807, 2.05) is 26.0 Å². The molecule has 8 nitrogen and oxygen atoms in total. The Hall–Kier alpha value is -3.28. The number of amides is 1. The third kappa shape index (κ3) is 5.85. The second-order valence-electron chi connectivity index (χ2n) is 9.42. The summed E-state index contributed by atoms with van der Waals surface area (Å²) in [5, 5.41) is 0. The molecule has 5 rings (SSSR count). The predicted molar refractivity (Wildman–Crippen MR) is 158 cm³/mol. The van der Waals surface area contributed by atoms with Crippen molar-refractivity contribution in [3.8, 4) is 0 Å². The molecule has 1 aromatic carbocycles. The van der Waals surface area contributed by atoms with Gasteiger partial charge < -0.3 is 14.5 Å². The number of ether oxygens (including phenoxy) is 1. The molecule has 0 radical (unpaired) electrons. The fourth-order valence-corrected chi connectivity index (χ4v) is 6.03. The van der Waals surface area contributed by atoms with Crippen LogP contribution < -0.4 is 15.4 Å². The van der Waals surface area contributed by atoms with Gasteiger partial charge in [0.05, 0.1) is 10.5 Å². The lowest BCUT2D eigenvalue weighted by Gasteiger charge is -2.37. The first kappa shape index (κ1) is 27.3. The Morgan fingerprint density at radius 1 is 1.08 bits per heavy atom. The minimum Gasteiger partial charge on any atom is -0.382 e. The number of hydrogen-bond acceptors (Lipinski definition) is 8. The average Bonchev–Trinajstić information content (AvgIpc) is 3.20. The lowest BCUT2D eigenvalue weighted by Crippen LogP contribution is -2.47. The smallest absolute Gasteiger partial charge is 0.267 e. The Morgan fingerprint density at radius 3 is 2.51 bits per heavy atom. The Balaban J connectivity index is 1.46. The van der Waals surface area contributed by atoms with Crippen molar-refractivity contribution >= 4 is 57.4 Å². The van der Waals surface area contributed by atoms with E-state index in [1.165, 1.54) is 28.3 Å². The van der Waals surface area contributed by atoms with Crippen LogP contribution in [0.25, 0.3) is 11.7 Å². The first-order valence-corrected chi connectivity index (χ1v) is 14.2. The lowest BCUT2D eigenvalue weighted by atomic mass is 10.2. The summed E-state index contributed by atoms with van der Waals surface area (Å²) in [7, 11) is 0. The molecule has 0 bridgehead atoms. The molecule has 2 saturated heterocycles. The molecule has 0 saturated carbocycles. The summed E-state index contributed by atoms with van der Waals surface area (Å²) >= 11 is 6.70. The van der Waals surface area contributed by atoms with Crippen LogP contribution >= 0.6 is 24.0 Å². The second kappa shape index (κ2) is 11.8. The van der Waals surface area contributed by atoms with Gasteiger partial charge in [-0.05, 0) is 62.2 Å². The van der Waals surface area contributed by atoms with Crippen molar-refractivity contribution < 1.29 is 13.9 Å². The minimum atomic E-state index is -0.266. The standard InChI is InChI=1S/C28H30FN5O3S2/c1-3-37-16-4-11-33-27(36)23(39-28(33)38)17-22-25(30-24-10-5-19(2)18-34(24)26(22)35)32-14-12-31(13-15-32)21-8-6-20(29)7-9-21/h5-10,17-18H,3-4,11-16H2,1-2H3/b23-17-. The highest BCUT2D eigenvalue weighted by Gasteiger charge is 2.33. The van der Waals surface area contributed by atoms with Crippen molar-refractivity contribution in [1.29, 1.82) is 0 Å². The fraction of sp³-hybridized carbons (Fsp3) is 0.357. The average molecular weight is 568 g/mol. The van der Waals surface area contributed by atoms with E-state index in [1.54, 1.807) is 29.3 Å². The molecule has 2 aliphatic heterocycles. The normalized spacial score (nSPS) is 17.2. The molecule has 204 valence electrons. The second-order valence-corrected chi connectivity index (χ2v) is 11.1. The summed E-state index contributed by atoms with van der Waals surface area (Å²) < 4.78 is 20.8. The van der Waals surface area contributed by atoms with Crippen LogP contribution in [0.15, 0.2) is 52.3 Å². The van der Waals surface area contributed by atoms with E-state index < -0.39 is 0 Å². The number of hydrogen-bond donors (Lipinski definition) is 0. The highest BCUT2D eigenvalue weighted by atomic mass is 32.2. The topological polar surface area (TPSA) is 70.4 Å². The summed E-state index contributed by atoms with van der Waals surface area (Å²) in [5.74, 6) is 0.0735. The van der Waals surface area contributed by atoms with Gasteiger partial charge in [0.15, 0.2) is 0 Å². The van der Waals surface area contributed by atoms with Crippen molar-refractivity contribution in [2.45, 2.75) is 20.3 Å². The van der Waals surface area contributed by atoms with E-state index >= 15 is 0 Å². The third-order valence-electron chi connectivity index (χ3n) is 6.78. The van der Waals surface area contributed by atoms with Gasteiger partial charge in [-0.15, -0.1) is 0 Å². The van der Waals surface area contributed by atoms with Gasteiger partial charge in [-0.2, -0.15) is 0 Å². The molecule has 0 N–H and O–H groups in total. The number of pyridine rings is 1. The zero-order chi connectivity index (χ0) is 27.5. The molecule has 0 atom stereocenters. The molecule has 2 aliphatic rings. The number of thioether (sulfide) groups is 1. The molecule has 11 heteroatoms. The summed E-state index contributed by atoms with van der Waals surface area (Å²) in [6.45, 7) is 8.09. The molecule has 4 heterocycles. The molecule has 3 aromatic rings. The van der Waals surface area contributed by atoms with Crippen LogP contribution in [0.5, 0.6) is 0 Å². The van der Waals surface area contributed by atoms with E-state index in [9.17, 15) is 14.0 Å². The van der Waals surface area contributed by atoms with Crippen molar-refractivity contribution in [2.75, 3.05) is 55.7 Å². The fourth-order valence-electron chi connectivity index (χ4n) is 4.74. The number of benzene rings is 1. The molecule has 39 heavy (non-hydrogen) atoms. The quantitative estimate of drug-likeness (QED) is 0.229. The molecule has 1 amide bonds. The van der Waals surface area contributed by atoms with Crippen LogP contribution in [0, 0.1) is 12.7 Å². The molecular weight excluding hydrogens is 537 g/mol. The van der Waals surface area contributed by atoms with Crippen LogP contribution in [-0.2, 0) is 9.53 Å². The highest BCUT2D eigenvalue weighted by Crippen LogP contribution is 2.34. The number of piperazine rings is 1. The van der Waals surface area contributed by atoms with Crippen LogP contribution in [-0.4, -0.2) is 70.4 Å². The molecule has 0 aliphatic carbocycles. The Kier molecular flexibility index (Phi) is 8.29. The van der Waals surface area contributed by atoms with E-state index in [4.69, 9.17) is 21.9 Å². The van der Waals surface area contributed by atoms with Crippen molar-refractivity contribution in [1.82, 2.24) is 14.3 Å². The van der Waals surface area contributed by atoms with Crippen LogP contribution in [0.2, 0.25) is 0 Å². The van der Waals surface area contributed by atoms with Gasteiger partial charge in [-0.25, -0.2) is 9.37 Å². The number of rotatable bonds is 8. The van der Waals surface area contributed by atoms with Gasteiger partial charge in [-0.1, -0.05) is 30.0 Å². The summed E-state index contributed by atoms with van der Waals surface area (Å²) in [6.07, 6.45) is 4.08. The first-order chi connectivity index (χ1) is 18.9. The van der Waals surface area contributed by atoms with Crippen LogP contribution in [0.1, 0.15) is 24.5 Å². The van der Waals surface area contributed by atoms with Gasteiger partial charge in [-0.3, -0.25) is 18.9 Å². The minimum absolute atomic E-state index is 0.206. The molecule has 0 unspecified atom stereocenters. The van der Waals surface area contributed by atoms with Gasteiger partial charge in [0, 0.05) is 57.8 Å². The van der Waals surface area contributed by atoms with E-state index in [2.05, 4.69) is 9.80 Å². The number of nitrogens with zero attached hydrogens (tertiary/aromatic N) is 5. The largest absolute Gasteiger partial charge is 0.382 e. The van der Waals surface area contributed by atoms with Crippen LogP contribution in [0.3, 0.4) is 0 Å². The predicted octanol–water partition coefficient (Wildman–Crippen LogP) is 4.10. The SMILES string of the molecule is CCOCCCN1C(=O)/C(=C/c2c(N3CCN(c4ccc(F)cc4)CC3)nc3ccc(C)cn3c2=O)SC1=S. The Morgan fingerprint density at radius 2 is 1.79 bits per heavy atom. The number of thiocarbonyl (C=S) groups is 1. The van der Waals surface area contributed by atoms with E-state index in [0.717, 1.165) is 11.3 Å². The number of aryl methyl sites for hydroxylation is 1. The van der Waals surface area contributed by atoms with Crippen molar-refractivity contribution in [3.05, 3.63) is 74.8 Å². The molecule has 2 aromatic heterocycles. The van der Waals surface area contributed by atoms with Crippen LogP contribution in [0.4, 0.5) is 15.9 Å². The zero-order valence-electron chi connectivity index (χ0n) is 21.9. The van der Waals surface area contributed by atoms with Gasteiger partial charge >= 0.3 is 0 Å². The van der Waals surface area contributed by atoms with Gasteiger partial charge in [0.2, 0.25) is 0 Å². The van der Waals surface area contributed by atoms with Crippen molar-refractivity contribution in [3.63, 3.8) is 0 Å². The number of carbonyl (C=O) groups excluding carboxylic acids is 1. The van der Waals surface area contributed by atoms with Gasteiger partial charge in [0.1, 0.15) is 21.6 Å². The molecular formula is C28H30FN5O3S2. The maximum atomic E-state index is 13.8. The summed E-state index contributed by atoms with van der Waals surface area (Å²) in [6, 6.07) is 10.2. The lowest BCUT2D eigenvalue weighted by molar-refractivity contribution is -0.122. The monoisotopic (exact) mass is 567 g/mol.